The highest BCUT2D eigenvalue weighted by Gasteiger charge is 2.40. The molecule has 3 aromatic carbocycles. The molecule has 0 saturated carbocycles. The number of aromatic nitrogens is 4. The normalized spacial score (nSPS) is 21.7. The number of benzene rings is 3. The highest BCUT2D eigenvalue weighted by molar-refractivity contribution is 6.05. The van der Waals surface area contributed by atoms with E-state index in [0.717, 1.165) is 149 Å². The van der Waals surface area contributed by atoms with E-state index in [1.165, 1.54) is 12.7 Å². The number of piperidine rings is 5. The topological polar surface area (TPSA) is 175 Å². The predicted octanol–water partition coefficient (Wildman–Crippen LogP) is 6.87. The van der Waals surface area contributed by atoms with Crippen LogP contribution in [0.2, 0.25) is 0 Å². The number of nitrogen functional groups attached to an aromatic ring is 1. The second-order valence-electron chi connectivity index (χ2n) is 19.8. The molecule has 0 aliphatic carbocycles. The molecular weight excluding hydrogens is 859 g/mol. The van der Waals surface area contributed by atoms with Crippen LogP contribution in [0.3, 0.4) is 0 Å². The number of anilines is 2. The maximum atomic E-state index is 13.8. The van der Waals surface area contributed by atoms with Crippen LogP contribution in [-0.4, -0.2) is 128 Å². The van der Waals surface area contributed by atoms with E-state index in [4.69, 9.17) is 15.6 Å². The van der Waals surface area contributed by atoms with Crippen LogP contribution in [-0.2, 0) is 16.1 Å². The van der Waals surface area contributed by atoms with Gasteiger partial charge in [0.15, 0.2) is 5.65 Å². The van der Waals surface area contributed by atoms with Gasteiger partial charge in [0, 0.05) is 88.2 Å². The second-order valence-corrected chi connectivity index (χ2v) is 19.8. The highest BCUT2D eigenvalue weighted by atomic mass is 16.5. The van der Waals surface area contributed by atoms with E-state index in [1.807, 2.05) is 66.7 Å². The minimum absolute atomic E-state index is 0.130. The van der Waals surface area contributed by atoms with Crippen LogP contribution in [0.1, 0.15) is 92.6 Å². The zero-order chi connectivity index (χ0) is 46.3. The quantitative estimate of drug-likeness (QED) is 0.148. The average Bonchev–Trinajstić information content (AvgIpc) is 3.93. The van der Waals surface area contributed by atoms with Crippen molar-refractivity contribution in [1.29, 1.82) is 0 Å². The molecule has 354 valence electrons. The fourth-order valence-electron chi connectivity index (χ4n) is 11.9. The van der Waals surface area contributed by atoms with Crippen LogP contribution in [0.25, 0.3) is 22.3 Å². The highest BCUT2D eigenvalue weighted by Crippen LogP contribution is 2.38. The van der Waals surface area contributed by atoms with Gasteiger partial charge >= 0.3 is 6.03 Å². The fourth-order valence-corrected chi connectivity index (χ4v) is 11.9. The van der Waals surface area contributed by atoms with E-state index in [2.05, 4.69) is 45.6 Å². The molecule has 16 heteroatoms. The Hall–Kier alpha value is -6.55. The summed E-state index contributed by atoms with van der Waals surface area (Å²) in [6.07, 6.45) is 11.7. The largest absolute Gasteiger partial charge is 0.457 e. The van der Waals surface area contributed by atoms with E-state index < -0.39 is 6.04 Å². The van der Waals surface area contributed by atoms with Gasteiger partial charge in [-0.05, 0) is 136 Å². The molecular formula is C52H61N11O5. The third kappa shape index (κ3) is 8.85. The molecule has 0 spiro atoms. The number of fused-ring (bicyclic) bond motifs is 2. The molecule has 2 aromatic heterocycles. The molecule has 6 aliphatic heterocycles. The van der Waals surface area contributed by atoms with Gasteiger partial charge in [-0.25, -0.2) is 19.4 Å². The number of nitrogens with zero attached hydrogens (tertiary/aromatic N) is 9. The van der Waals surface area contributed by atoms with Crippen molar-refractivity contribution in [1.82, 2.24) is 44.7 Å². The van der Waals surface area contributed by atoms with Crippen LogP contribution in [0.5, 0.6) is 11.5 Å². The zero-order valence-corrected chi connectivity index (χ0v) is 38.7. The monoisotopic (exact) mass is 919 g/mol. The van der Waals surface area contributed by atoms with E-state index >= 15 is 0 Å². The third-order valence-electron chi connectivity index (χ3n) is 15.8. The molecule has 5 amide bonds. The number of rotatable bonds is 9. The Kier molecular flexibility index (Phi) is 12.2. The number of nitrogens with two attached hydrogens (primary N) is 1. The van der Waals surface area contributed by atoms with Crippen LogP contribution < -0.4 is 20.7 Å². The summed E-state index contributed by atoms with van der Waals surface area (Å²) in [4.78, 5) is 71.1. The van der Waals surface area contributed by atoms with Crippen molar-refractivity contribution in [2.45, 2.75) is 95.3 Å². The number of para-hydroxylation sites is 1. The van der Waals surface area contributed by atoms with E-state index in [9.17, 15) is 19.2 Å². The van der Waals surface area contributed by atoms with Gasteiger partial charge in [0.05, 0.1) is 11.4 Å². The Morgan fingerprint density at radius 3 is 2.09 bits per heavy atom. The lowest BCUT2D eigenvalue weighted by Crippen LogP contribution is -2.53. The molecule has 5 fully saturated rings. The Labute approximate surface area is 396 Å². The van der Waals surface area contributed by atoms with Gasteiger partial charge in [0.1, 0.15) is 35.4 Å². The van der Waals surface area contributed by atoms with Gasteiger partial charge in [0.25, 0.3) is 5.91 Å². The van der Waals surface area contributed by atoms with Crippen LogP contribution in [0.4, 0.5) is 16.3 Å². The summed E-state index contributed by atoms with van der Waals surface area (Å²) in [6.45, 7) is 7.60. The molecule has 0 bridgehead atoms. The van der Waals surface area contributed by atoms with Crippen molar-refractivity contribution in [3.05, 3.63) is 90.3 Å². The molecule has 0 radical (unpaired) electrons. The van der Waals surface area contributed by atoms with Crippen molar-refractivity contribution in [3.8, 4) is 22.8 Å². The number of carbonyl (C=O) groups is 4. The maximum absolute atomic E-state index is 13.8. The van der Waals surface area contributed by atoms with Crippen molar-refractivity contribution in [2.75, 3.05) is 63.0 Å². The summed E-state index contributed by atoms with van der Waals surface area (Å²) in [5.74, 6) is 2.50. The third-order valence-corrected chi connectivity index (χ3v) is 15.8. The molecule has 5 saturated heterocycles. The van der Waals surface area contributed by atoms with Crippen LogP contribution in [0, 0.1) is 11.8 Å². The molecule has 3 N–H and O–H groups in total. The number of hydrogen-bond donors (Lipinski definition) is 2. The lowest BCUT2D eigenvalue weighted by Gasteiger charge is -2.43. The molecule has 68 heavy (non-hydrogen) atoms. The van der Waals surface area contributed by atoms with Gasteiger partial charge in [0.2, 0.25) is 11.8 Å². The minimum Gasteiger partial charge on any atom is -0.457 e. The lowest BCUT2D eigenvalue weighted by atomic mass is 9.82. The molecule has 5 aromatic rings. The molecule has 8 heterocycles. The van der Waals surface area contributed by atoms with Gasteiger partial charge in [-0.15, -0.1) is 0 Å². The van der Waals surface area contributed by atoms with Gasteiger partial charge in [-0.3, -0.25) is 19.7 Å². The summed E-state index contributed by atoms with van der Waals surface area (Å²) in [7, 11) is 0. The summed E-state index contributed by atoms with van der Waals surface area (Å²) < 4.78 is 8.10. The zero-order valence-electron chi connectivity index (χ0n) is 38.7. The average molecular weight is 920 g/mol. The summed E-state index contributed by atoms with van der Waals surface area (Å²) >= 11 is 0. The number of urea groups is 1. The van der Waals surface area contributed by atoms with E-state index in [-0.39, 0.29) is 36.2 Å². The van der Waals surface area contributed by atoms with Crippen molar-refractivity contribution < 1.29 is 23.9 Å². The number of nitrogens with one attached hydrogen (secondary N) is 1. The molecule has 1 unspecified atom stereocenters. The first-order chi connectivity index (χ1) is 33.2. The van der Waals surface area contributed by atoms with Crippen molar-refractivity contribution >= 4 is 46.3 Å². The first-order valence-electron chi connectivity index (χ1n) is 24.8. The molecule has 11 rings (SSSR count). The summed E-state index contributed by atoms with van der Waals surface area (Å²) in [5, 5.41) is 8.31. The SMILES string of the molecule is Nc1ncnc2c1c(-c1ccc(Oc3ccccc3)cc1)nn2C1CCN(C2CCN(C(=O)N3CCC(CC4CCN(c5ccc6c(c5)CN(C5CCC(=O)NC5=O)C6=O)CC4)CC3)CC2)CC1. The minimum atomic E-state index is -0.598. The maximum Gasteiger partial charge on any atom is 0.319 e. The smallest absolute Gasteiger partial charge is 0.319 e. The second kappa shape index (κ2) is 18.9. The van der Waals surface area contributed by atoms with Gasteiger partial charge in [-0.2, -0.15) is 5.10 Å². The van der Waals surface area contributed by atoms with Crippen LogP contribution >= 0.6 is 0 Å². The first kappa shape index (κ1) is 44.0. The Morgan fingerprint density at radius 2 is 1.38 bits per heavy atom. The van der Waals surface area contributed by atoms with Gasteiger partial charge < -0.3 is 35.0 Å². The van der Waals surface area contributed by atoms with Crippen LogP contribution in [0.15, 0.2) is 79.1 Å². The van der Waals surface area contributed by atoms with Crippen molar-refractivity contribution in [3.63, 3.8) is 0 Å². The van der Waals surface area contributed by atoms with E-state index in [1.54, 1.807) is 4.90 Å². The first-order valence-corrected chi connectivity index (χ1v) is 24.8. The lowest BCUT2D eigenvalue weighted by molar-refractivity contribution is -0.136. The number of hydrogen-bond acceptors (Lipinski definition) is 11. The fraction of sp³-hybridized carbons (Fsp3) is 0.481. The Bertz CT molecular complexity index is 2660. The van der Waals surface area contributed by atoms with Crippen molar-refractivity contribution in [2.24, 2.45) is 11.8 Å². The molecule has 16 nitrogen and oxygen atoms in total. The molecule has 1 atom stereocenters. The van der Waals surface area contributed by atoms with Gasteiger partial charge in [-0.1, -0.05) is 18.2 Å². The summed E-state index contributed by atoms with van der Waals surface area (Å²) in [5.41, 5.74) is 11.7. The number of ether oxygens (including phenoxy) is 1. The predicted molar refractivity (Wildman–Crippen MR) is 258 cm³/mol. The number of amides is 5. The number of likely N-dealkylation sites (tertiary alicyclic amines) is 3. The standard InChI is InChI=1S/C52H61N11O5/c53-48-46-47(36-6-9-42(10-7-36)68-41-4-2-1-3-5-41)57-63(49(46)55-33-54-48)39-20-26-58(27-21-39)38-18-28-61(29-19-38)52(67)60-24-16-35(17-25-60)30-34-14-22-59(23-15-34)40-8-11-43-37(31-40)32-62(51(43)66)44-12-13-45(64)56-50(44)65/h1-11,31,33-35,38-39,44H,12-30,32H2,(H2,53,54,55)(H,56,64,65). The number of carbonyl (C=O) groups excluding carboxylic acids is 4. The Balaban J connectivity index is 0.615. The molecule has 6 aliphatic rings. The number of imide groups is 1. The Morgan fingerprint density at radius 1 is 0.721 bits per heavy atom. The van der Waals surface area contributed by atoms with E-state index in [0.29, 0.717) is 42.2 Å². The summed E-state index contributed by atoms with van der Waals surface area (Å²) in [6, 6.07) is 24.0.